The maximum atomic E-state index is 14.0. The number of allylic oxidation sites excluding steroid dienone is 1. The van der Waals surface area contributed by atoms with Crippen LogP contribution < -0.4 is 14.4 Å². The molecular weight excluding hydrogens is 453 g/mol. The molecule has 0 aromatic heterocycles. The lowest BCUT2D eigenvalue weighted by Crippen LogP contribution is -2.27. The third-order valence-corrected chi connectivity index (χ3v) is 6.04. The number of ether oxygens (including phenoxy) is 2. The number of para-hydroxylation sites is 1. The summed E-state index contributed by atoms with van der Waals surface area (Å²) in [6.07, 6.45) is 3.84. The van der Waals surface area contributed by atoms with Gasteiger partial charge in [0.2, 0.25) is 0 Å². The molecule has 0 atom stereocenters. The molecule has 172 valence electrons. The van der Waals surface area contributed by atoms with E-state index in [2.05, 4.69) is 6.58 Å². The molecule has 0 spiro atoms. The van der Waals surface area contributed by atoms with Crippen molar-refractivity contribution in [2.75, 3.05) is 12.0 Å². The summed E-state index contributed by atoms with van der Waals surface area (Å²) in [5.74, 6) is 0.173. The number of benzene rings is 3. The van der Waals surface area contributed by atoms with E-state index < -0.39 is 0 Å². The van der Waals surface area contributed by atoms with Gasteiger partial charge >= 0.3 is 0 Å². The Morgan fingerprint density at radius 1 is 1.03 bits per heavy atom. The quantitative estimate of drug-likeness (QED) is 0.279. The van der Waals surface area contributed by atoms with E-state index in [4.69, 9.17) is 9.47 Å². The summed E-state index contributed by atoms with van der Waals surface area (Å²) in [5.41, 5.74) is 2.38. The molecule has 1 saturated heterocycles. The van der Waals surface area contributed by atoms with Crippen LogP contribution in [0.1, 0.15) is 16.7 Å². The van der Waals surface area contributed by atoms with Crippen molar-refractivity contribution in [3.8, 4) is 11.5 Å². The number of hydrogen-bond donors (Lipinski definition) is 0. The molecule has 1 fully saturated rings. The molecule has 3 aromatic rings. The van der Waals surface area contributed by atoms with E-state index in [9.17, 15) is 14.0 Å². The van der Waals surface area contributed by atoms with Gasteiger partial charge < -0.3 is 9.47 Å². The van der Waals surface area contributed by atoms with Gasteiger partial charge in [-0.05, 0) is 60.2 Å². The number of amides is 2. The van der Waals surface area contributed by atoms with Gasteiger partial charge in [0, 0.05) is 11.1 Å². The van der Waals surface area contributed by atoms with Crippen LogP contribution in [0.5, 0.6) is 11.5 Å². The number of nitrogens with zero attached hydrogens (tertiary/aromatic N) is 1. The summed E-state index contributed by atoms with van der Waals surface area (Å²) >= 11 is 0.882. The molecule has 2 amide bonds. The minimum Gasteiger partial charge on any atom is -0.493 e. The van der Waals surface area contributed by atoms with Gasteiger partial charge in [-0.15, -0.1) is 6.58 Å². The van der Waals surface area contributed by atoms with Gasteiger partial charge in [0.1, 0.15) is 12.4 Å². The molecule has 0 radical (unpaired) electrons. The minimum atomic E-state index is -0.384. The SMILES string of the molecule is C=CCc1cc(/C=C2\SC(=O)N(c3ccccc3)C2=O)cc(OC)c1OCc1ccccc1F. The molecule has 0 aliphatic carbocycles. The summed E-state index contributed by atoms with van der Waals surface area (Å²) in [7, 11) is 1.51. The van der Waals surface area contributed by atoms with Crippen LogP contribution in [0.4, 0.5) is 14.9 Å². The van der Waals surface area contributed by atoms with E-state index in [0.29, 0.717) is 39.6 Å². The number of carbonyl (C=O) groups is 2. The second-order valence-electron chi connectivity index (χ2n) is 7.44. The molecule has 7 heteroatoms. The normalized spacial score (nSPS) is 14.5. The summed E-state index contributed by atoms with van der Waals surface area (Å²) in [6.45, 7) is 3.83. The van der Waals surface area contributed by atoms with E-state index >= 15 is 0 Å². The van der Waals surface area contributed by atoms with Gasteiger partial charge in [-0.3, -0.25) is 9.59 Å². The first-order valence-corrected chi connectivity index (χ1v) is 11.3. The molecule has 1 heterocycles. The Morgan fingerprint density at radius 2 is 1.76 bits per heavy atom. The molecule has 4 rings (SSSR count). The van der Waals surface area contributed by atoms with Crippen molar-refractivity contribution in [2.24, 2.45) is 0 Å². The van der Waals surface area contributed by atoms with Crippen molar-refractivity contribution in [3.05, 3.63) is 107 Å². The smallest absolute Gasteiger partial charge is 0.298 e. The number of methoxy groups -OCH3 is 1. The number of thioether (sulfide) groups is 1. The van der Waals surface area contributed by atoms with Crippen molar-refractivity contribution < 1.29 is 23.5 Å². The first-order valence-electron chi connectivity index (χ1n) is 10.5. The Labute approximate surface area is 201 Å². The lowest BCUT2D eigenvalue weighted by molar-refractivity contribution is -0.113. The van der Waals surface area contributed by atoms with Crippen molar-refractivity contribution in [3.63, 3.8) is 0 Å². The second-order valence-corrected chi connectivity index (χ2v) is 8.43. The first kappa shape index (κ1) is 23.3. The highest BCUT2D eigenvalue weighted by Gasteiger charge is 2.36. The Morgan fingerprint density at radius 3 is 2.47 bits per heavy atom. The number of halogens is 1. The summed E-state index contributed by atoms with van der Waals surface area (Å²) in [4.78, 5) is 26.9. The standard InChI is InChI=1S/C27H22FNO4S/c1-3-9-19-14-18(15-23(32-2)25(19)33-17-20-10-7-8-13-22(20)28)16-24-26(30)29(27(31)34-24)21-11-5-4-6-12-21/h3-8,10-16H,1,9,17H2,2H3/b24-16-. The summed E-state index contributed by atoms with van der Waals surface area (Å²) < 4.78 is 25.5. The van der Waals surface area contributed by atoms with Gasteiger partial charge in [-0.25, -0.2) is 9.29 Å². The van der Waals surface area contributed by atoms with Crippen LogP contribution in [-0.4, -0.2) is 18.3 Å². The zero-order valence-corrected chi connectivity index (χ0v) is 19.3. The predicted molar refractivity (Wildman–Crippen MR) is 133 cm³/mol. The Hall–Kier alpha value is -3.84. The van der Waals surface area contributed by atoms with E-state index in [0.717, 1.165) is 22.2 Å². The maximum absolute atomic E-state index is 14.0. The fourth-order valence-electron chi connectivity index (χ4n) is 3.57. The first-order chi connectivity index (χ1) is 16.5. The Bertz CT molecular complexity index is 1270. The van der Waals surface area contributed by atoms with Crippen LogP contribution in [0.15, 0.2) is 84.3 Å². The minimum absolute atomic E-state index is 0.0302. The van der Waals surface area contributed by atoms with Gasteiger partial charge in [0.15, 0.2) is 11.5 Å². The molecule has 0 N–H and O–H groups in total. The fraction of sp³-hybridized carbons (Fsp3) is 0.111. The van der Waals surface area contributed by atoms with Gasteiger partial charge in [0.05, 0.1) is 17.7 Å². The number of rotatable bonds is 8. The number of carbonyl (C=O) groups excluding carboxylic acids is 2. The molecule has 0 saturated carbocycles. The lowest BCUT2D eigenvalue weighted by Gasteiger charge is -2.16. The molecule has 0 bridgehead atoms. The number of hydrogen-bond acceptors (Lipinski definition) is 5. The van der Waals surface area contributed by atoms with Crippen molar-refractivity contribution in [2.45, 2.75) is 13.0 Å². The monoisotopic (exact) mass is 475 g/mol. The highest BCUT2D eigenvalue weighted by atomic mass is 32.2. The van der Waals surface area contributed by atoms with E-state index in [1.807, 2.05) is 12.1 Å². The molecule has 1 aliphatic heterocycles. The van der Waals surface area contributed by atoms with Crippen LogP contribution in [0.2, 0.25) is 0 Å². The van der Waals surface area contributed by atoms with E-state index in [-0.39, 0.29) is 23.6 Å². The topological polar surface area (TPSA) is 55.8 Å². The average molecular weight is 476 g/mol. The van der Waals surface area contributed by atoms with Crippen LogP contribution in [0, 0.1) is 5.82 Å². The molecule has 34 heavy (non-hydrogen) atoms. The van der Waals surface area contributed by atoms with Crippen LogP contribution >= 0.6 is 11.8 Å². The molecular formula is C27H22FNO4S. The second kappa shape index (κ2) is 10.4. The summed E-state index contributed by atoms with van der Waals surface area (Å²) in [6, 6.07) is 18.8. The van der Waals surface area contributed by atoms with Crippen molar-refractivity contribution in [1.29, 1.82) is 0 Å². The maximum Gasteiger partial charge on any atom is 0.298 e. The van der Waals surface area contributed by atoms with Gasteiger partial charge in [0.25, 0.3) is 11.1 Å². The average Bonchev–Trinajstić information content (AvgIpc) is 3.12. The number of imide groups is 1. The van der Waals surface area contributed by atoms with E-state index in [1.165, 1.54) is 13.2 Å². The third-order valence-electron chi connectivity index (χ3n) is 5.17. The van der Waals surface area contributed by atoms with Gasteiger partial charge in [-0.2, -0.15) is 0 Å². The lowest BCUT2D eigenvalue weighted by atomic mass is 10.0. The molecule has 3 aromatic carbocycles. The molecule has 0 unspecified atom stereocenters. The highest BCUT2D eigenvalue weighted by Crippen LogP contribution is 2.38. The van der Waals surface area contributed by atoms with Crippen molar-refractivity contribution in [1.82, 2.24) is 0 Å². The molecule has 5 nitrogen and oxygen atoms in total. The third kappa shape index (κ3) is 4.89. The molecule has 1 aliphatic rings. The fourth-order valence-corrected chi connectivity index (χ4v) is 4.41. The summed E-state index contributed by atoms with van der Waals surface area (Å²) in [5, 5.41) is -0.356. The zero-order chi connectivity index (χ0) is 24.1. The Balaban J connectivity index is 1.65. The zero-order valence-electron chi connectivity index (χ0n) is 18.5. The predicted octanol–water partition coefficient (Wildman–Crippen LogP) is 6.38. The Kier molecular flexibility index (Phi) is 7.13. The van der Waals surface area contributed by atoms with E-state index in [1.54, 1.807) is 60.7 Å². The van der Waals surface area contributed by atoms with Gasteiger partial charge in [-0.1, -0.05) is 42.5 Å². The van der Waals surface area contributed by atoms with Crippen LogP contribution in [0.3, 0.4) is 0 Å². The van der Waals surface area contributed by atoms with Crippen molar-refractivity contribution >= 4 is 34.7 Å². The number of anilines is 1. The highest BCUT2D eigenvalue weighted by molar-refractivity contribution is 8.19. The van der Waals surface area contributed by atoms with Crippen LogP contribution in [0.25, 0.3) is 6.08 Å². The van der Waals surface area contributed by atoms with Crippen LogP contribution in [-0.2, 0) is 17.8 Å². The largest absolute Gasteiger partial charge is 0.493 e.